The first-order chi connectivity index (χ1) is 23.3. The molecule has 0 atom stereocenters. The number of rotatable bonds is 4. The van der Waals surface area contributed by atoms with Crippen LogP contribution in [0.2, 0.25) is 0 Å². The minimum absolute atomic E-state index is 0.665. The van der Waals surface area contributed by atoms with E-state index in [1.54, 1.807) is 34.0 Å². The number of hydrogen-bond donors (Lipinski definition) is 0. The lowest BCUT2D eigenvalue weighted by molar-refractivity contribution is 1.08. The Morgan fingerprint density at radius 1 is 0.383 bits per heavy atom. The van der Waals surface area contributed by atoms with Crippen LogP contribution in [0.25, 0.3) is 95.3 Å². The van der Waals surface area contributed by atoms with Gasteiger partial charge in [0.1, 0.15) is 5.01 Å². The Morgan fingerprint density at radius 2 is 1.06 bits per heavy atom. The third kappa shape index (κ3) is 4.39. The van der Waals surface area contributed by atoms with Crippen LogP contribution < -0.4 is 0 Å². The van der Waals surface area contributed by atoms with Crippen molar-refractivity contribution in [2.75, 3.05) is 0 Å². The molecule has 0 saturated heterocycles. The Kier molecular flexibility index (Phi) is 6.05. The van der Waals surface area contributed by atoms with Crippen LogP contribution in [0.5, 0.6) is 0 Å². The molecular formula is C40H22N4S3. The highest BCUT2D eigenvalue weighted by atomic mass is 32.1. The Morgan fingerprint density at radius 3 is 1.96 bits per heavy atom. The van der Waals surface area contributed by atoms with E-state index in [0.717, 1.165) is 32.8 Å². The first-order valence-corrected chi connectivity index (χ1v) is 17.8. The average Bonchev–Trinajstić information content (AvgIpc) is 3.85. The van der Waals surface area contributed by atoms with Crippen molar-refractivity contribution in [3.8, 4) is 44.7 Å². The van der Waals surface area contributed by atoms with Gasteiger partial charge in [-0.3, -0.25) is 0 Å². The standard InChI is InChI=1S/C40H22N4S3/c1-2-10-23(11-3-1)37-42-38(27-14-9-19-34-35(27)26-12-4-6-17-31(26)45-34)44-39(43-37)28-15-8-13-25-29-22-24(20-21-32(29)46-36(25)28)40-41-30-16-5-7-18-33(30)47-40/h1-22H. The fourth-order valence-corrected chi connectivity index (χ4v) is 9.68. The second-order valence-electron chi connectivity index (χ2n) is 11.4. The summed E-state index contributed by atoms with van der Waals surface area (Å²) in [5.41, 5.74) is 5.16. The van der Waals surface area contributed by atoms with Gasteiger partial charge in [-0.15, -0.1) is 34.0 Å². The van der Waals surface area contributed by atoms with E-state index in [0.29, 0.717) is 17.5 Å². The van der Waals surface area contributed by atoms with E-state index in [4.69, 9.17) is 19.9 Å². The average molecular weight is 655 g/mol. The number of hydrogen-bond acceptors (Lipinski definition) is 7. The summed E-state index contributed by atoms with van der Waals surface area (Å²) >= 11 is 5.32. The number of fused-ring (bicyclic) bond motifs is 7. The summed E-state index contributed by atoms with van der Waals surface area (Å²) < 4.78 is 6.07. The second kappa shape index (κ2) is 10.6. The lowest BCUT2D eigenvalue weighted by Gasteiger charge is -2.10. The van der Waals surface area contributed by atoms with Crippen molar-refractivity contribution in [3.63, 3.8) is 0 Å². The van der Waals surface area contributed by atoms with Gasteiger partial charge in [0.25, 0.3) is 0 Å². The number of thiazole rings is 1. The van der Waals surface area contributed by atoms with Gasteiger partial charge < -0.3 is 0 Å². The molecule has 10 aromatic rings. The Labute approximate surface area is 281 Å². The van der Waals surface area contributed by atoms with E-state index in [2.05, 4.69) is 109 Å². The summed E-state index contributed by atoms with van der Waals surface area (Å²) in [4.78, 5) is 20.4. The van der Waals surface area contributed by atoms with Crippen molar-refractivity contribution in [1.82, 2.24) is 19.9 Å². The Balaban J connectivity index is 1.19. The zero-order chi connectivity index (χ0) is 30.9. The molecule has 0 aliphatic carbocycles. The molecule has 4 heterocycles. The van der Waals surface area contributed by atoms with Gasteiger partial charge in [-0.05, 0) is 42.5 Å². The molecular weight excluding hydrogens is 633 g/mol. The summed E-state index contributed by atoms with van der Waals surface area (Å²) in [6, 6.07) is 46.7. The van der Waals surface area contributed by atoms with E-state index >= 15 is 0 Å². The van der Waals surface area contributed by atoms with Gasteiger partial charge in [-0.1, -0.05) is 91.0 Å². The molecule has 0 radical (unpaired) electrons. The third-order valence-electron chi connectivity index (χ3n) is 8.59. The summed E-state index contributed by atoms with van der Waals surface area (Å²) in [7, 11) is 0. The van der Waals surface area contributed by atoms with Crippen molar-refractivity contribution >= 4 is 84.6 Å². The van der Waals surface area contributed by atoms with Crippen LogP contribution in [0.15, 0.2) is 133 Å². The van der Waals surface area contributed by atoms with Crippen molar-refractivity contribution < 1.29 is 0 Å². The van der Waals surface area contributed by atoms with Crippen LogP contribution in [0, 0.1) is 0 Å². The lowest BCUT2D eigenvalue weighted by atomic mass is 10.0. The van der Waals surface area contributed by atoms with Gasteiger partial charge in [-0.2, -0.15) is 0 Å². The summed E-state index contributed by atoms with van der Waals surface area (Å²) in [6.45, 7) is 0. The van der Waals surface area contributed by atoms with Crippen molar-refractivity contribution in [3.05, 3.63) is 133 Å². The number of aromatic nitrogens is 4. The quantitative estimate of drug-likeness (QED) is 0.189. The van der Waals surface area contributed by atoms with E-state index in [9.17, 15) is 0 Å². The minimum atomic E-state index is 0.665. The normalized spacial score (nSPS) is 11.8. The largest absolute Gasteiger partial charge is 0.236 e. The molecule has 0 spiro atoms. The van der Waals surface area contributed by atoms with E-state index in [-0.39, 0.29) is 0 Å². The number of thiophene rings is 2. The predicted molar refractivity (Wildman–Crippen MR) is 201 cm³/mol. The zero-order valence-electron chi connectivity index (χ0n) is 24.7. The zero-order valence-corrected chi connectivity index (χ0v) is 27.2. The van der Waals surface area contributed by atoms with Gasteiger partial charge in [0.05, 0.1) is 10.2 Å². The molecule has 0 bridgehead atoms. The number of benzene rings is 6. The molecule has 0 aliphatic heterocycles. The highest BCUT2D eigenvalue weighted by Gasteiger charge is 2.19. The van der Waals surface area contributed by atoms with Crippen LogP contribution in [-0.4, -0.2) is 19.9 Å². The monoisotopic (exact) mass is 654 g/mol. The first-order valence-electron chi connectivity index (χ1n) is 15.3. The predicted octanol–water partition coefficient (Wildman–Crippen LogP) is 11.9. The fourth-order valence-electron chi connectivity index (χ4n) is 6.40. The van der Waals surface area contributed by atoms with Gasteiger partial charge in [0.2, 0.25) is 0 Å². The molecule has 0 aliphatic rings. The maximum absolute atomic E-state index is 5.23. The Bertz CT molecular complexity index is 2780. The lowest BCUT2D eigenvalue weighted by Crippen LogP contribution is -2.00. The van der Waals surface area contributed by atoms with Gasteiger partial charge >= 0.3 is 0 Å². The highest BCUT2D eigenvalue weighted by molar-refractivity contribution is 7.26. The first kappa shape index (κ1) is 26.8. The van der Waals surface area contributed by atoms with Gasteiger partial charge in [0, 0.05) is 62.6 Å². The molecule has 4 aromatic heterocycles. The minimum Gasteiger partial charge on any atom is -0.236 e. The molecule has 6 aromatic carbocycles. The van der Waals surface area contributed by atoms with E-state index < -0.39 is 0 Å². The van der Waals surface area contributed by atoms with Crippen LogP contribution in [0.3, 0.4) is 0 Å². The molecule has 220 valence electrons. The van der Waals surface area contributed by atoms with Crippen LogP contribution >= 0.6 is 34.0 Å². The van der Waals surface area contributed by atoms with Crippen LogP contribution in [0.4, 0.5) is 0 Å². The molecule has 0 amide bonds. The Hall–Kier alpha value is -5.34. The molecule has 0 saturated carbocycles. The van der Waals surface area contributed by atoms with Gasteiger partial charge in [0.15, 0.2) is 17.5 Å². The van der Waals surface area contributed by atoms with Crippen LogP contribution in [-0.2, 0) is 0 Å². The third-order valence-corrected chi connectivity index (χ3v) is 12.0. The smallest absolute Gasteiger partial charge is 0.165 e. The fraction of sp³-hybridized carbons (Fsp3) is 0. The molecule has 47 heavy (non-hydrogen) atoms. The second-order valence-corrected chi connectivity index (χ2v) is 14.6. The topological polar surface area (TPSA) is 51.6 Å². The van der Waals surface area contributed by atoms with Gasteiger partial charge in [-0.25, -0.2) is 19.9 Å². The van der Waals surface area contributed by atoms with Crippen molar-refractivity contribution in [2.24, 2.45) is 0 Å². The molecule has 0 unspecified atom stereocenters. The maximum Gasteiger partial charge on any atom is 0.165 e. The molecule has 0 fully saturated rings. The maximum atomic E-state index is 5.23. The number of nitrogens with zero attached hydrogens (tertiary/aromatic N) is 4. The summed E-state index contributed by atoms with van der Waals surface area (Å²) in [5, 5.41) is 5.86. The molecule has 7 heteroatoms. The van der Waals surface area contributed by atoms with E-state index in [1.807, 2.05) is 24.3 Å². The summed E-state index contributed by atoms with van der Waals surface area (Å²) in [6.07, 6.45) is 0. The molecule has 10 rings (SSSR count). The SMILES string of the molecule is c1ccc(-c2nc(-c3cccc4c3sc3ccc(-c5nc6ccccc6s5)cc34)nc(-c3cccc4sc5ccccc5c34)n2)cc1. The van der Waals surface area contributed by atoms with E-state index in [1.165, 1.54) is 45.0 Å². The highest BCUT2D eigenvalue weighted by Crippen LogP contribution is 2.43. The molecule has 0 N–H and O–H groups in total. The number of para-hydroxylation sites is 1. The van der Waals surface area contributed by atoms with Crippen molar-refractivity contribution in [1.29, 1.82) is 0 Å². The summed E-state index contributed by atoms with van der Waals surface area (Å²) in [5.74, 6) is 2.02. The van der Waals surface area contributed by atoms with Crippen LogP contribution in [0.1, 0.15) is 0 Å². The van der Waals surface area contributed by atoms with Crippen molar-refractivity contribution in [2.45, 2.75) is 0 Å². The molecule has 4 nitrogen and oxygen atoms in total.